The quantitative estimate of drug-likeness (QED) is 0.336. The van der Waals surface area contributed by atoms with E-state index in [1.807, 2.05) is 19.1 Å². The van der Waals surface area contributed by atoms with E-state index in [1.54, 1.807) is 60.3 Å². The highest BCUT2D eigenvalue weighted by molar-refractivity contribution is 6.30. The first-order chi connectivity index (χ1) is 16.4. The molecule has 5 aromatic rings. The van der Waals surface area contributed by atoms with Gasteiger partial charge in [-0.05, 0) is 67.9 Å². The van der Waals surface area contributed by atoms with Gasteiger partial charge in [0.25, 0.3) is 5.56 Å². The zero-order valence-corrected chi connectivity index (χ0v) is 19.3. The van der Waals surface area contributed by atoms with Crippen molar-refractivity contribution in [1.82, 2.24) is 19.2 Å². The molecule has 0 bridgehead atoms. The van der Waals surface area contributed by atoms with Gasteiger partial charge >= 0.3 is 0 Å². The highest BCUT2D eigenvalue weighted by Crippen LogP contribution is 2.25. The first-order valence-corrected chi connectivity index (χ1v) is 11.0. The number of aromatic nitrogens is 4. The van der Waals surface area contributed by atoms with Gasteiger partial charge in [-0.2, -0.15) is 5.10 Å². The fourth-order valence-corrected chi connectivity index (χ4v) is 3.98. The Morgan fingerprint density at radius 2 is 1.82 bits per heavy atom. The predicted molar refractivity (Wildman–Crippen MR) is 129 cm³/mol. The summed E-state index contributed by atoms with van der Waals surface area (Å²) >= 11 is 5.95. The Kier molecular flexibility index (Phi) is 5.63. The molecule has 34 heavy (non-hydrogen) atoms. The maximum absolute atomic E-state index is 13.7. The highest BCUT2D eigenvalue weighted by atomic mass is 35.5. The molecule has 2 aromatic carbocycles. The predicted octanol–water partition coefficient (Wildman–Crippen LogP) is 5.54. The molecular weight excluding hydrogens is 455 g/mol. The van der Waals surface area contributed by atoms with Crippen molar-refractivity contribution >= 4 is 17.2 Å². The van der Waals surface area contributed by atoms with Gasteiger partial charge in [0.2, 0.25) is 0 Å². The molecule has 6 nitrogen and oxygen atoms in total. The Morgan fingerprint density at radius 3 is 2.59 bits per heavy atom. The van der Waals surface area contributed by atoms with E-state index in [0.29, 0.717) is 45.7 Å². The van der Waals surface area contributed by atoms with Crippen molar-refractivity contribution in [3.63, 3.8) is 0 Å². The minimum Gasteiger partial charge on any atom is -0.485 e. The minimum atomic E-state index is -0.358. The first-order valence-electron chi connectivity index (χ1n) is 10.6. The van der Waals surface area contributed by atoms with Crippen LogP contribution in [0.4, 0.5) is 4.39 Å². The third-order valence-corrected chi connectivity index (χ3v) is 5.76. The smallest absolute Gasteiger partial charge is 0.267 e. The molecule has 0 aliphatic rings. The molecule has 170 valence electrons. The second kappa shape index (κ2) is 8.76. The molecule has 0 N–H and O–H groups in total. The van der Waals surface area contributed by atoms with Gasteiger partial charge in [-0.15, -0.1) is 0 Å². The normalized spacial score (nSPS) is 11.2. The molecule has 0 unspecified atom stereocenters. The van der Waals surface area contributed by atoms with Gasteiger partial charge in [0.05, 0.1) is 16.9 Å². The van der Waals surface area contributed by atoms with Crippen LogP contribution in [0.25, 0.3) is 22.6 Å². The van der Waals surface area contributed by atoms with Crippen molar-refractivity contribution in [1.29, 1.82) is 0 Å². The van der Waals surface area contributed by atoms with E-state index in [2.05, 4.69) is 10.1 Å². The second-order valence-electron chi connectivity index (χ2n) is 7.92. The minimum absolute atomic E-state index is 0.261. The molecule has 0 saturated heterocycles. The number of rotatable bonds is 5. The van der Waals surface area contributed by atoms with Crippen LogP contribution in [0.3, 0.4) is 0 Å². The molecule has 3 heterocycles. The summed E-state index contributed by atoms with van der Waals surface area (Å²) in [4.78, 5) is 18.1. The van der Waals surface area contributed by atoms with E-state index >= 15 is 0 Å². The molecular formula is C26H20ClFN4O2. The van der Waals surface area contributed by atoms with Gasteiger partial charge in [-0.25, -0.2) is 14.1 Å². The van der Waals surface area contributed by atoms with Gasteiger partial charge in [-0.3, -0.25) is 9.20 Å². The summed E-state index contributed by atoms with van der Waals surface area (Å²) in [6, 6.07) is 18.8. The van der Waals surface area contributed by atoms with Crippen LogP contribution in [0, 0.1) is 19.7 Å². The summed E-state index contributed by atoms with van der Waals surface area (Å²) < 4.78 is 22.8. The Balaban J connectivity index is 1.55. The molecule has 5 rings (SSSR count). The van der Waals surface area contributed by atoms with E-state index in [0.717, 1.165) is 11.3 Å². The number of halogens is 2. The number of fused-ring (bicyclic) bond motifs is 1. The number of pyridine rings is 1. The third kappa shape index (κ3) is 4.06. The molecule has 0 aliphatic heterocycles. The first kappa shape index (κ1) is 21.9. The van der Waals surface area contributed by atoms with E-state index in [1.165, 1.54) is 16.5 Å². The monoisotopic (exact) mass is 474 g/mol. The fourth-order valence-electron chi connectivity index (χ4n) is 3.86. The number of ether oxygens (including phenoxy) is 1. The van der Waals surface area contributed by atoms with Crippen LogP contribution in [0.2, 0.25) is 5.02 Å². The largest absolute Gasteiger partial charge is 0.485 e. The van der Waals surface area contributed by atoms with Crippen LogP contribution in [0.5, 0.6) is 5.75 Å². The van der Waals surface area contributed by atoms with Crippen LogP contribution in [-0.4, -0.2) is 19.2 Å². The molecule has 8 heteroatoms. The Bertz CT molecular complexity index is 1570. The van der Waals surface area contributed by atoms with E-state index in [-0.39, 0.29) is 11.4 Å². The van der Waals surface area contributed by atoms with E-state index < -0.39 is 0 Å². The summed E-state index contributed by atoms with van der Waals surface area (Å²) in [5.41, 5.74) is 3.83. The molecule has 0 radical (unpaired) electrons. The summed E-state index contributed by atoms with van der Waals surface area (Å²) in [6.45, 7) is 3.93. The van der Waals surface area contributed by atoms with Gasteiger partial charge in [-0.1, -0.05) is 29.8 Å². The van der Waals surface area contributed by atoms with Crippen molar-refractivity contribution < 1.29 is 9.13 Å². The maximum atomic E-state index is 13.7. The summed E-state index contributed by atoms with van der Waals surface area (Å²) in [5, 5.41) is 5.23. The summed E-state index contributed by atoms with van der Waals surface area (Å²) in [6.07, 6.45) is 1.65. The standard InChI is InChI=1S/C26H20ClFN4O2/c1-16-13-22(30-32(16)21-6-3-5-20(28)14-21)24-17(2)29-25-23(7-4-12-31(25)26(24)33)34-15-18-8-10-19(27)11-9-18/h3-14H,15H2,1-2H3. The van der Waals surface area contributed by atoms with E-state index in [4.69, 9.17) is 16.3 Å². The fraction of sp³-hybridized carbons (Fsp3) is 0.115. The average molecular weight is 475 g/mol. The molecule has 3 aromatic heterocycles. The number of aryl methyl sites for hydroxylation is 2. The lowest BCUT2D eigenvalue weighted by Gasteiger charge is -2.12. The van der Waals surface area contributed by atoms with Crippen LogP contribution < -0.4 is 10.3 Å². The molecule has 0 fully saturated rings. The van der Waals surface area contributed by atoms with E-state index in [9.17, 15) is 9.18 Å². The SMILES string of the molecule is Cc1nc2c(OCc3ccc(Cl)cc3)cccn2c(=O)c1-c1cc(C)n(-c2cccc(F)c2)n1. The van der Waals surface area contributed by atoms with Gasteiger partial charge < -0.3 is 4.74 Å². The molecule has 0 saturated carbocycles. The Morgan fingerprint density at radius 1 is 1.03 bits per heavy atom. The second-order valence-corrected chi connectivity index (χ2v) is 8.36. The van der Waals surface area contributed by atoms with Crippen molar-refractivity contribution in [2.24, 2.45) is 0 Å². The van der Waals surface area contributed by atoms with Crippen molar-refractivity contribution in [2.45, 2.75) is 20.5 Å². The van der Waals surface area contributed by atoms with Gasteiger partial charge in [0.15, 0.2) is 11.4 Å². The van der Waals surface area contributed by atoms with Crippen molar-refractivity contribution in [3.8, 4) is 22.7 Å². The zero-order chi connectivity index (χ0) is 23.8. The number of benzene rings is 2. The van der Waals surface area contributed by atoms with Crippen LogP contribution in [0.1, 0.15) is 17.0 Å². The summed E-state index contributed by atoms with van der Waals surface area (Å²) in [7, 11) is 0. The maximum Gasteiger partial charge on any atom is 0.267 e. The lowest BCUT2D eigenvalue weighted by molar-refractivity contribution is 0.308. The summed E-state index contributed by atoms with van der Waals surface area (Å²) in [5.74, 6) is 0.134. The number of hydrogen-bond acceptors (Lipinski definition) is 4. The lowest BCUT2D eigenvalue weighted by Crippen LogP contribution is -2.19. The molecule has 0 amide bonds. The Labute approximate surface area is 199 Å². The number of nitrogens with zero attached hydrogens (tertiary/aromatic N) is 4. The Hall–Kier alpha value is -3.97. The van der Waals surface area contributed by atoms with Crippen LogP contribution in [0.15, 0.2) is 77.7 Å². The van der Waals surface area contributed by atoms with Gasteiger partial charge in [0, 0.05) is 16.9 Å². The van der Waals surface area contributed by atoms with Gasteiger partial charge in [0.1, 0.15) is 18.1 Å². The average Bonchev–Trinajstić information content (AvgIpc) is 3.20. The lowest BCUT2D eigenvalue weighted by atomic mass is 10.1. The number of hydrogen-bond donors (Lipinski definition) is 0. The highest BCUT2D eigenvalue weighted by Gasteiger charge is 2.18. The molecule has 0 spiro atoms. The van der Waals surface area contributed by atoms with Crippen molar-refractivity contribution in [3.05, 3.63) is 111 Å². The molecule has 0 aliphatic carbocycles. The van der Waals surface area contributed by atoms with Crippen LogP contribution >= 0.6 is 11.6 Å². The van der Waals surface area contributed by atoms with Crippen LogP contribution in [-0.2, 0) is 6.61 Å². The zero-order valence-electron chi connectivity index (χ0n) is 18.5. The third-order valence-electron chi connectivity index (χ3n) is 5.50. The van der Waals surface area contributed by atoms with Crippen molar-refractivity contribution in [2.75, 3.05) is 0 Å². The topological polar surface area (TPSA) is 61.4 Å². The molecule has 0 atom stereocenters.